The number of ether oxygens (including phenoxy) is 1. The Morgan fingerprint density at radius 1 is 1.21 bits per heavy atom. The van der Waals surface area contributed by atoms with Gasteiger partial charge in [-0.3, -0.25) is 4.90 Å². The molecule has 0 amide bonds. The smallest absolute Gasteiger partial charge is 0.243 e. The third-order valence-corrected chi connectivity index (χ3v) is 8.52. The molecule has 0 unspecified atom stereocenters. The lowest BCUT2D eigenvalue weighted by atomic mass is 9.92. The third-order valence-electron chi connectivity index (χ3n) is 6.62. The molecule has 0 bridgehead atoms. The molecule has 2 aromatic rings. The zero-order chi connectivity index (χ0) is 19.3. The van der Waals surface area contributed by atoms with Crippen LogP contribution in [0.2, 0.25) is 0 Å². The summed E-state index contributed by atoms with van der Waals surface area (Å²) in [6.07, 6.45) is 4.02. The van der Waals surface area contributed by atoms with Gasteiger partial charge in [0.1, 0.15) is 5.82 Å². The minimum absolute atomic E-state index is 0.328. The van der Waals surface area contributed by atoms with Crippen LogP contribution in [0.5, 0.6) is 0 Å². The summed E-state index contributed by atoms with van der Waals surface area (Å²) in [5, 5.41) is 0. The van der Waals surface area contributed by atoms with Gasteiger partial charge >= 0.3 is 0 Å². The fraction of sp³-hybridized carbons (Fsp3) is 0.650. The number of benzene rings is 1. The Hall–Kier alpha value is -1.48. The van der Waals surface area contributed by atoms with Gasteiger partial charge in [0, 0.05) is 32.2 Å². The van der Waals surface area contributed by atoms with E-state index in [1.54, 1.807) is 12.1 Å². The molecule has 0 radical (unpaired) electrons. The first kappa shape index (κ1) is 18.5. The van der Waals surface area contributed by atoms with Gasteiger partial charge in [-0.05, 0) is 43.9 Å². The maximum atomic E-state index is 13.0. The highest BCUT2D eigenvalue weighted by Gasteiger charge is 2.42. The Balaban J connectivity index is 1.45. The summed E-state index contributed by atoms with van der Waals surface area (Å²) in [7, 11) is -3.50. The summed E-state index contributed by atoms with van der Waals surface area (Å²) in [6.45, 7) is 6.71. The Kier molecular flexibility index (Phi) is 4.70. The molecule has 7 nitrogen and oxygen atoms in total. The minimum atomic E-state index is -3.50. The summed E-state index contributed by atoms with van der Waals surface area (Å²) in [5.41, 5.74) is 1.79. The number of likely N-dealkylation sites (tertiary alicyclic amines) is 1. The number of morpholine rings is 1. The van der Waals surface area contributed by atoms with E-state index < -0.39 is 10.0 Å². The lowest BCUT2D eigenvalue weighted by Gasteiger charge is -2.44. The summed E-state index contributed by atoms with van der Waals surface area (Å²) in [6, 6.07) is 6.10. The lowest BCUT2D eigenvalue weighted by molar-refractivity contribution is 0.0273. The highest BCUT2D eigenvalue weighted by Crippen LogP contribution is 2.39. The topological polar surface area (TPSA) is 67.7 Å². The van der Waals surface area contributed by atoms with Crippen LogP contribution >= 0.6 is 0 Å². The molecule has 0 N–H and O–H groups in total. The maximum absolute atomic E-state index is 13.0. The Morgan fingerprint density at radius 3 is 2.79 bits per heavy atom. The number of fused-ring (bicyclic) bond motifs is 2. The van der Waals surface area contributed by atoms with E-state index in [0.717, 1.165) is 41.9 Å². The zero-order valence-corrected chi connectivity index (χ0v) is 17.2. The van der Waals surface area contributed by atoms with E-state index in [0.29, 0.717) is 31.2 Å². The number of aryl methyl sites for hydroxylation is 1. The van der Waals surface area contributed by atoms with Gasteiger partial charge in [-0.15, -0.1) is 0 Å². The van der Waals surface area contributed by atoms with Crippen molar-refractivity contribution in [1.82, 2.24) is 18.8 Å². The minimum Gasteiger partial charge on any atom is -0.379 e. The van der Waals surface area contributed by atoms with E-state index in [1.807, 2.05) is 6.07 Å². The summed E-state index contributed by atoms with van der Waals surface area (Å²) < 4.78 is 35.0. The largest absolute Gasteiger partial charge is 0.379 e. The molecule has 3 aliphatic rings. The van der Waals surface area contributed by atoms with Crippen molar-refractivity contribution in [3.05, 3.63) is 24.0 Å². The van der Waals surface area contributed by atoms with Crippen molar-refractivity contribution in [2.75, 3.05) is 32.8 Å². The summed E-state index contributed by atoms with van der Waals surface area (Å²) in [5.74, 6) is 1.92. The predicted octanol–water partition coefficient (Wildman–Crippen LogP) is 2.06. The quantitative estimate of drug-likeness (QED) is 0.763. The molecule has 3 heterocycles. The van der Waals surface area contributed by atoms with Crippen molar-refractivity contribution in [3.63, 3.8) is 0 Å². The number of imidazole rings is 1. The van der Waals surface area contributed by atoms with Crippen LogP contribution in [0.3, 0.4) is 0 Å². The van der Waals surface area contributed by atoms with Gasteiger partial charge in [0.15, 0.2) is 0 Å². The van der Waals surface area contributed by atoms with Crippen LogP contribution < -0.4 is 0 Å². The number of rotatable bonds is 5. The number of hydrogen-bond acceptors (Lipinski definition) is 5. The van der Waals surface area contributed by atoms with Gasteiger partial charge in [-0.25, -0.2) is 13.4 Å². The van der Waals surface area contributed by atoms with Crippen molar-refractivity contribution >= 4 is 21.1 Å². The molecule has 3 fully saturated rings. The lowest BCUT2D eigenvalue weighted by Crippen LogP contribution is -2.52. The fourth-order valence-corrected chi connectivity index (χ4v) is 6.53. The van der Waals surface area contributed by atoms with Crippen molar-refractivity contribution < 1.29 is 13.2 Å². The number of hydrogen-bond donors (Lipinski definition) is 0. The van der Waals surface area contributed by atoms with E-state index in [-0.39, 0.29) is 0 Å². The Bertz CT molecular complexity index is 981. The first-order valence-corrected chi connectivity index (χ1v) is 11.8. The highest BCUT2D eigenvalue weighted by atomic mass is 32.2. The second kappa shape index (κ2) is 7.09. The van der Waals surface area contributed by atoms with Crippen molar-refractivity contribution in [3.8, 4) is 0 Å². The second-order valence-electron chi connectivity index (χ2n) is 8.13. The summed E-state index contributed by atoms with van der Waals surface area (Å²) in [4.78, 5) is 7.72. The molecule has 152 valence electrons. The van der Waals surface area contributed by atoms with Crippen LogP contribution in [0.1, 0.15) is 32.0 Å². The van der Waals surface area contributed by atoms with Crippen LogP contribution in [0.25, 0.3) is 11.0 Å². The highest BCUT2D eigenvalue weighted by molar-refractivity contribution is 7.89. The Labute approximate surface area is 166 Å². The average Bonchev–Trinajstić information content (AvgIpc) is 3.25. The number of aromatic nitrogens is 2. The second-order valence-corrected chi connectivity index (χ2v) is 10.1. The van der Waals surface area contributed by atoms with E-state index in [9.17, 15) is 8.42 Å². The molecular weight excluding hydrogens is 376 g/mol. The fourth-order valence-electron chi connectivity index (χ4n) is 5.10. The molecular formula is C20H28N4O3S. The monoisotopic (exact) mass is 404 g/mol. The molecule has 2 aliphatic heterocycles. The van der Waals surface area contributed by atoms with Crippen molar-refractivity contribution in [1.29, 1.82) is 0 Å². The molecule has 0 spiro atoms. The van der Waals surface area contributed by atoms with Gasteiger partial charge in [0.25, 0.3) is 0 Å². The molecule has 8 heteroatoms. The van der Waals surface area contributed by atoms with E-state index in [1.165, 1.54) is 30.1 Å². The molecule has 2 atom stereocenters. The standard InChI is InChI=1S/C20H28N4O3S/c1-2-24-19-7-6-16(28(25,26)23-8-10-27-11-9-23)12-17(19)21-20(24)14-22-13-15-4-3-5-18(15)22/h6-7,12,15,18H,2-5,8-11,13-14H2,1H3/t15-,18-/m0/s1. The first-order chi connectivity index (χ1) is 13.6. The maximum Gasteiger partial charge on any atom is 0.243 e. The van der Waals surface area contributed by atoms with Crippen LogP contribution in [-0.4, -0.2) is 66.1 Å². The molecule has 1 saturated carbocycles. The van der Waals surface area contributed by atoms with Gasteiger partial charge in [-0.2, -0.15) is 4.31 Å². The van der Waals surface area contributed by atoms with Crippen LogP contribution in [-0.2, 0) is 27.8 Å². The summed E-state index contributed by atoms with van der Waals surface area (Å²) >= 11 is 0. The zero-order valence-electron chi connectivity index (χ0n) is 16.4. The van der Waals surface area contributed by atoms with Crippen LogP contribution in [0, 0.1) is 5.92 Å². The Morgan fingerprint density at radius 2 is 2.04 bits per heavy atom. The third kappa shape index (κ3) is 2.98. The van der Waals surface area contributed by atoms with E-state index >= 15 is 0 Å². The molecule has 1 aromatic carbocycles. The van der Waals surface area contributed by atoms with Gasteiger partial charge in [-0.1, -0.05) is 6.42 Å². The molecule has 28 heavy (non-hydrogen) atoms. The normalized spacial score (nSPS) is 26.5. The molecule has 1 aliphatic carbocycles. The van der Waals surface area contributed by atoms with E-state index in [4.69, 9.17) is 9.72 Å². The predicted molar refractivity (Wildman–Crippen MR) is 107 cm³/mol. The van der Waals surface area contributed by atoms with Gasteiger partial charge < -0.3 is 9.30 Å². The van der Waals surface area contributed by atoms with Crippen molar-refractivity contribution in [2.45, 2.75) is 50.2 Å². The van der Waals surface area contributed by atoms with Crippen LogP contribution in [0.15, 0.2) is 23.1 Å². The SMILES string of the molecule is CCn1c(CN2C[C@@H]3CCC[C@@H]32)nc2cc(S(=O)(=O)N3CCOCC3)ccc21. The van der Waals surface area contributed by atoms with E-state index in [2.05, 4.69) is 16.4 Å². The average molecular weight is 405 g/mol. The molecule has 2 saturated heterocycles. The number of sulfonamides is 1. The number of nitrogens with zero attached hydrogens (tertiary/aromatic N) is 4. The molecule has 5 rings (SSSR count). The van der Waals surface area contributed by atoms with Crippen molar-refractivity contribution in [2.24, 2.45) is 5.92 Å². The first-order valence-electron chi connectivity index (χ1n) is 10.4. The van der Waals surface area contributed by atoms with Crippen LogP contribution in [0.4, 0.5) is 0 Å². The molecule has 1 aromatic heterocycles. The van der Waals surface area contributed by atoms with Gasteiger partial charge in [0.2, 0.25) is 10.0 Å². The van der Waals surface area contributed by atoms with Gasteiger partial charge in [0.05, 0.1) is 35.7 Å².